The van der Waals surface area contributed by atoms with E-state index in [-0.39, 0.29) is 12.5 Å². The van der Waals surface area contributed by atoms with Crippen LogP contribution in [-0.4, -0.2) is 34.9 Å². The van der Waals surface area contributed by atoms with E-state index in [0.29, 0.717) is 6.42 Å². The summed E-state index contributed by atoms with van der Waals surface area (Å²) in [4.78, 5) is 12.4. The predicted octanol–water partition coefficient (Wildman–Crippen LogP) is 14.9. The van der Waals surface area contributed by atoms with Crippen LogP contribution in [0.25, 0.3) is 0 Å². The maximum Gasteiger partial charge on any atom is 0.220 e. The number of allylic oxidation sites excluding steroid dienone is 9. The monoisotopic (exact) mass is 754 g/mol. The third-order valence-corrected chi connectivity index (χ3v) is 10.5. The number of aliphatic hydroxyl groups is 2. The van der Waals surface area contributed by atoms with Gasteiger partial charge in [0, 0.05) is 6.42 Å². The van der Waals surface area contributed by atoms with Crippen molar-refractivity contribution in [3.63, 3.8) is 0 Å². The van der Waals surface area contributed by atoms with Crippen LogP contribution < -0.4 is 5.32 Å². The maximum atomic E-state index is 12.4. The Kier molecular flexibility index (Phi) is 43.9. The van der Waals surface area contributed by atoms with Crippen LogP contribution in [0.1, 0.15) is 232 Å². The number of hydrogen-bond acceptors (Lipinski definition) is 3. The minimum atomic E-state index is -0.878. The summed E-state index contributed by atoms with van der Waals surface area (Å²) in [5, 5.41) is 23.0. The van der Waals surface area contributed by atoms with Crippen molar-refractivity contribution in [1.29, 1.82) is 0 Å². The van der Waals surface area contributed by atoms with Crippen LogP contribution in [0.5, 0.6) is 0 Å². The van der Waals surface area contributed by atoms with Gasteiger partial charge in [-0.25, -0.2) is 0 Å². The summed E-state index contributed by atoms with van der Waals surface area (Å²) in [5.74, 6) is -0.0927. The molecule has 0 fully saturated rings. The van der Waals surface area contributed by atoms with Crippen LogP contribution in [0.3, 0.4) is 0 Å². The van der Waals surface area contributed by atoms with Crippen LogP contribution in [0.15, 0.2) is 60.8 Å². The number of rotatable bonds is 42. The van der Waals surface area contributed by atoms with E-state index in [4.69, 9.17) is 0 Å². The molecule has 0 bridgehead atoms. The first-order valence-electron chi connectivity index (χ1n) is 23.5. The summed E-state index contributed by atoms with van der Waals surface area (Å²) in [6.45, 7) is 4.27. The third kappa shape index (κ3) is 41.3. The standard InChI is InChI=1S/C50H91NO3/c1-3-5-7-9-11-13-15-17-19-21-22-23-24-25-26-27-28-29-30-31-33-35-37-39-41-43-45-49(53)48(47-52)51-50(54)46-44-42-40-38-36-34-32-20-18-16-14-12-10-8-6-4-2/h14,16,20,29-30,32,35,37,43,45,48-49,52-53H,3-13,15,17-19,21-28,31,33-34,36,38-42,44,46-47H2,1-2H3,(H,51,54)/b16-14-,30-29+,32-20-,37-35+,45-43+. The van der Waals surface area contributed by atoms with Crippen molar-refractivity contribution < 1.29 is 15.0 Å². The SMILES string of the molecule is CCCCCC/C=C\C/C=C\CCCCCCCC(=O)NC(CO)C(O)/C=C/CC/C=C/CC/C=C/CCCCCCCCCCCCCCCCCC. The Bertz CT molecular complexity index is 904. The second-order valence-electron chi connectivity index (χ2n) is 15.8. The Labute approximate surface area is 336 Å². The van der Waals surface area contributed by atoms with Gasteiger partial charge >= 0.3 is 0 Å². The first-order valence-corrected chi connectivity index (χ1v) is 23.5. The molecular formula is C50H91NO3. The van der Waals surface area contributed by atoms with Crippen molar-refractivity contribution in [2.75, 3.05) is 6.61 Å². The summed E-state index contributed by atoms with van der Waals surface area (Å²) in [7, 11) is 0. The molecule has 4 heteroatoms. The molecule has 314 valence electrons. The second-order valence-corrected chi connectivity index (χ2v) is 15.8. The molecule has 0 rings (SSSR count). The minimum Gasteiger partial charge on any atom is -0.394 e. The van der Waals surface area contributed by atoms with Gasteiger partial charge in [-0.05, 0) is 77.0 Å². The lowest BCUT2D eigenvalue weighted by molar-refractivity contribution is -0.123. The molecule has 0 heterocycles. The number of amides is 1. The lowest BCUT2D eigenvalue weighted by Crippen LogP contribution is -2.45. The average molecular weight is 754 g/mol. The normalized spacial score (nSPS) is 13.5. The van der Waals surface area contributed by atoms with Crippen LogP contribution in [0, 0.1) is 0 Å². The zero-order valence-corrected chi connectivity index (χ0v) is 36.0. The first-order chi connectivity index (χ1) is 26.7. The van der Waals surface area contributed by atoms with Gasteiger partial charge in [0.05, 0.1) is 18.8 Å². The summed E-state index contributed by atoms with van der Waals surface area (Å²) >= 11 is 0. The lowest BCUT2D eigenvalue weighted by Gasteiger charge is -2.19. The summed E-state index contributed by atoms with van der Waals surface area (Å²) in [5.41, 5.74) is 0. The van der Waals surface area contributed by atoms with E-state index in [1.807, 2.05) is 6.08 Å². The number of hydrogen-bond donors (Lipinski definition) is 3. The van der Waals surface area contributed by atoms with Gasteiger partial charge in [-0.2, -0.15) is 0 Å². The molecule has 54 heavy (non-hydrogen) atoms. The van der Waals surface area contributed by atoms with Crippen LogP contribution >= 0.6 is 0 Å². The summed E-state index contributed by atoms with van der Waals surface area (Å²) in [6, 6.07) is -0.655. The fourth-order valence-electron chi connectivity index (χ4n) is 6.83. The molecule has 0 aromatic rings. The second kappa shape index (κ2) is 45.5. The minimum absolute atomic E-state index is 0.0927. The van der Waals surface area contributed by atoms with E-state index in [0.717, 1.165) is 57.8 Å². The topological polar surface area (TPSA) is 69.6 Å². The number of carbonyl (C=O) groups is 1. The zero-order chi connectivity index (χ0) is 39.3. The van der Waals surface area contributed by atoms with E-state index in [1.165, 1.54) is 154 Å². The highest BCUT2D eigenvalue weighted by Crippen LogP contribution is 2.15. The molecule has 0 saturated carbocycles. The Morgan fingerprint density at radius 2 is 0.778 bits per heavy atom. The summed E-state index contributed by atoms with van der Waals surface area (Å²) < 4.78 is 0. The largest absolute Gasteiger partial charge is 0.394 e. The molecule has 3 N–H and O–H groups in total. The lowest BCUT2D eigenvalue weighted by atomic mass is 10.0. The van der Waals surface area contributed by atoms with Crippen molar-refractivity contribution in [3.05, 3.63) is 60.8 Å². The molecule has 0 spiro atoms. The van der Waals surface area contributed by atoms with Gasteiger partial charge in [0.25, 0.3) is 0 Å². The van der Waals surface area contributed by atoms with E-state index in [2.05, 4.69) is 67.8 Å². The van der Waals surface area contributed by atoms with Crippen molar-refractivity contribution in [2.24, 2.45) is 0 Å². The molecule has 0 aliphatic heterocycles. The van der Waals surface area contributed by atoms with Crippen molar-refractivity contribution >= 4 is 5.91 Å². The highest BCUT2D eigenvalue weighted by atomic mass is 16.3. The molecule has 0 aromatic heterocycles. The third-order valence-electron chi connectivity index (χ3n) is 10.5. The highest BCUT2D eigenvalue weighted by Gasteiger charge is 2.17. The van der Waals surface area contributed by atoms with E-state index >= 15 is 0 Å². The van der Waals surface area contributed by atoms with Gasteiger partial charge in [-0.3, -0.25) is 4.79 Å². The molecule has 4 nitrogen and oxygen atoms in total. The quantitative estimate of drug-likeness (QED) is 0.0429. The number of carbonyl (C=O) groups excluding carboxylic acids is 1. The molecule has 0 radical (unpaired) electrons. The molecular weight excluding hydrogens is 663 g/mol. The van der Waals surface area contributed by atoms with Gasteiger partial charge in [-0.15, -0.1) is 0 Å². The molecule has 1 amide bonds. The number of aliphatic hydroxyl groups excluding tert-OH is 2. The van der Waals surface area contributed by atoms with Crippen molar-refractivity contribution in [3.8, 4) is 0 Å². The Hall–Kier alpha value is -1.91. The van der Waals surface area contributed by atoms with Crippen LogP contribution in [-0.2, 0) is 4.79 Å². The van der Waals surface area contributed by atoms with Gasteiger partial charge < -0.3 is 15.5 Å². The smallest absolute Gasteiger partial charge is 0.220 e. The highest BCUT2D eigenvalue weighted by molar-refractivity contribution is 5.76. The van der Waals surface area contributed by atoms with Gasteiger partial charge in [0.1, 0.15) is 0 Å². The Morgan fingerprint density at radius 1 is 0.444 bits per heavy atom. The van der Waals surface area contributed by atoms with Gasteiger partial charge in [-0.1, -0.05) is 209 Å². The fraction of sp³-hybridized carbons (Fsp3) is 0.780. The van der Waals surface area contributed by atoms with Crippen LogP contribution in [0.2, 0.25) is 0 Å². The molecule has 2 atom stereocenters. The molecule has 0 aliphatic rings. The van der Waals surface area contributed by atoms with Crippen molar-refractivity contribution in [1.82, 2.24) is 5.32 Å². The first kappa shape index (κ1) is 52.1. The van der Waals surface area contributed by atoms with E-state index in [9.17, 15) is 15.0 Å². The molecule has 0 aliphatic carbocycles. The molecule has 0 saturated heterocycles. The predicted molar refractivity (Wildman–Crippen MR) is 239 cm³/mol. The number of unbranched alkanes of at least 4 members (excludes halogenated alkanes) is 27. The summed E-state index contributed by atoms with van der Waals surface area (Å²) in [6.07, 6.45) is 63.4. The van der Waals surface area contributed by atoms with E-state index in [1.54, 1.807) is 6.08 Å². The van der Waals surface area contributed by atoms with Crippen LogP contribution in [0.4, 0.5) is 0 Å². The molecule has 0 aromatic carbocycles. The van der Waals surface area contributed by atoms with E-state index < -0.39 is 12.1 Å². The Morgan fingerprint density at radius 3 is 1.20 bits per heavy atom. The maximum absolute atomic E-state index is 12.4. The number of nitrogens with one attached hydrogen (secondary N) is 1. The average Bonchev–Trinajstić information content (AvgIpc) is 3.18. The Balaban J connectivity index is 3.64. The van der Waals surface area contributed by atoms with Crippen molar-refractivity contribution in [2.45, 2.75) is 244 Å². The van der Waals surface area contributed by atoms with Gasteiger partial charge in [0.15, 0.2) is 0 Å². The zero-order valence-electron chi connectivity index (χ0n) is 36.0. The molecule has 2 unspecified atom stereocenters. The fourth-order valence-corrected chi connectivity index (χ4v) is 6.83. The van der Waals surface area contributed by atoms with Gasteiger partial charge in [0.2, 0.25) is 5.91 Å².